The highest BCUT2D eigenvalue weighted by Crippen LogP contribution is 2.31. The van der Waals surface area contributed by atoms with Gasteiger partial charge in [-0.25, -0.2) is 4.39 Å². The Kier molecular flexibility index (Phi) is 3.40. The van der Waals surface area contributed by atoms with E-state index in [1.165, 1.54) is 11.1 Å². The van der Waals surface area contributed by atoms with Crippen molar-refractivity contribution in [3.63, 3.8) is 0 Å². The molecule has 0 fully saturated rings. The van der Waals surface area contributed by atoms with Crippen molar-refractivity contribution < 1.29 is 4.39 Å². The molecule has 1 aliphatic heterocycles. The Morgan fingerprint density at radius 1 is 1.09 bits per heavy atom. The number of benzene rings is 2. The van der Waals surface area contributed by atoms with E-state index >= 15 is 0 Å². The summed E-state index contributed by atoms with van der Waals surface area (Å²) in [5.74, 6) is -0.354. The normalized spacial score (nSPS) is 14.8. The van der Waals surface area contributed by atoms with Crippen LogP contribution in [0.2, 0.25) is 5.02 Å². The van der Waals surface area contributed by atoms with Gasteiger partial charge in [0.1, 0.15) is 5.82 Å². The molecular formula is C18H16ClFN2. The third-order valence-electron chi connectivity index (χ3n) is 4.32. The molecule has 0 amide bonds. The van der Waals surface area contributed by atoms with Crippen LogP contribution in [-0.2, 0) is 13.0 Å². The average Bonchev–Trinajstić information content (AvgIpc) is 2.71. The number of nitrogens with zero attached hydrogens (tertiary/aromatic N) is 1. The zero-order valence-corrected chi connectivity index (χ0v) is 12.8. The number of nitrogens with one attached hydrogen (secondary N) is 1. The van der Waals surface area contributed by atoms with E-state index in [1.54, 1.807) is 18.2 Å². The third kappa shape index (κ3) is 2.21. The van der Waals surface area contributed by atoms with Crippen LogP contribution in [0.5, 0.6) is 0 Å². The molecule has 2 aromatic carbocycles. The number of rotatable bonds is 1. The minimum Gasteiger partial charge on any atom is -0.343 e. The number of halogens is 2. The molecule has 1 aliphatic rings. The van der Waals surface area contributed by atoms with Gasteiger partial charge in [-0.3, -0.25) is 0 Å². The Balaban J connectivity index is 1.90. The molecule has 0 spiro atoms. The van der Waals surface area contributed by atoms with Crippen LogP contribution >= 0.6 is 11.6 Å². The van der Waals surface area contributed by atoms with Crippen molar-refractivity contribution in [3.05, 3.63) is 59.0 Å². The Labute approximate surface area is 133 Å². The molecule has 22 heavy (non-hydrogen) atoms. The van der Waals surface area contributed by atoms with Gasteiger partial charge < -0.3 is 9.88 Å². The lowest BCUT2D eigenvalue weighted by atomic mass is 10.0. The smallest absolute Gasteiger partial charge is 0.149 e. The van der Waals surface area contributed by atoms with Gasteiger partial charge in [-0.05, 0) is 29.1 Å². The van der Waals surface area contributed by atoms with Gasteiger partial charge in [-0.2, -0.15) is 0 Å². The quantitative estimate of drug-likeness (QED) is 0.710. The Hall–Kier alpha value is -1.84. The fourth-order valence-electron chi connectivity index (χ4n) is 3.21. The number of fused-ring (bicyclic) bond motifs is 3. The molecule has 3 aromatic rings. The first-order chi connectivity index (χ1) is 10.7. The molecule has 1 N–H and O–H groups in total. The summed E-state index contributed by atoms with van der Waals surface area (Å²) in [7, 11) is 0. The van der Waals surface area contributed by atoms with E-state index in [-0.39, 0.29) is 10.8 Å². The standard InChI is InChI=1S/C18H16ClFN2/c19-16-3-1-2-15(18(16)20)12-4-5-13-10-14-6-7-21-8-9-22(14)17(13)11-12/h1-5,10-11,21H,6-9H2. The number of hydrogen-bond donors (Lipinski definition) is 1. The van der Waals surface area contributed by atoms with Crippen molar-refractivity contribution in [3.8, 4) is 11.1 Å². The third-order valence-corrected chi connectivity index (χ3v) is 4.61. The SMILES string of the molecule is Fc1c(Cl)cccc1-c1ccc2cc3n(c2c1)CCNCC3. The van der Waals surface area contributed by atoms with Gasteiger partial charge in [0.2, 0.25) is 0 Å². The lowest BCUT2D eigenvalue weighted by Gasteiger charge is -2.09. The lowest BCUT2D eigenvalue weighted by Crippen LogP contribution is -2.17. The van der Waals surface area contributed by atoms with Crippen LogP contribution in [0.25, 0.3) is 22.0 Å². The molecule has 2 heterocycles. The molecule has 1 aromatic heterocycles. The summed E-state index contributed by atoms with van der Waals surface area (Å²) < 4.78 is 16.6. The van der Waals surface area contributed by atoms with Crippen molar-refractivity contribution >= 4 is 22.5 Å². The predicted molar refractivity (Wildman–Crippen MR) is 88.9 cm³/mol. The highest BCUT2D eigenvalue weighted by molar-refractivity contribution is 6.31. The molecule has 0 saturated heterocycles. The van der Waals surface area contributed by atoms with Gasteiger partial charge in [0.15, 0.2) is 0 Å². The maximum atomic E-state index is 14.3. The second-order valence-corrected chi connectivity index (χ2v) is 6.07. The fraction of sp³-hybridized carbons (Fsp3) is 0.222. The molecule has 0 bridgehead atoms. The highest BCUT2D eigenvalue weighted by atomic mass is 35.5. The number of aromatic nitrogens is 1. The van der Waals surface area contributed by atoms with Crippen LogP contribution in [0.1, 0.15) is 5.69 Å². The predicted octanol–water partition coefficient (Wildman–Crippen LogP) is 4.25. The minimum absolute atomic E-state index is 0.163. The Bertz CT molecular complexity index is 854. The van der Waals surface area contributed by atoms with Gasteiger partial charge in [0, 0.05) is 42.8 Å². The summed E-state index contributed by atoms with van der Waals surface area (Å²) in [6.07, 6.45) is 1.02. The minimum atomic E-state index is -0.354. The average molecular weight is 315 g/mol. The van der Waals surface area contributed by atoms with Gasteiger partial charge in [-0.15, -0.1) is 0 Å². The van der Waals surface area contributed by atoms with E-state index in [9.17, 15) is 4.39 Å². The monoisotopic (exact) mass is 314 g/mol. The van der Waals surface area contributed by atoms with E-state index < -0.39 is 0 Å². The van der Waals surface area contributed by atoms with Crippen LogP contribution in [0, 0.1) is 5.82 Å². The highest BCUT2D eigenvalue weighted by Gasteiger charge is 2.14. The maximum absolute atomic E-state index is 14.3. The van der Waals surface area contributed by atoms with Gasteiger partial charge in [-0.1, -0.05) is 35.9 Å². The molecule has 112 valence electrons. The largest absolute Gasteiger partial charge is 0.343 e. The van der Waals surface area contributed by atoms with Crippen molar-refractivity contribution in [2.75, 3.05) is 13.1 Å². The van der Waals surface area contributed by atoms with Crippen molar-refractivity contribution in [2.45, 2.75) is 13.0 Å². The molecular weight excluding hydrogens is 299 g/mol. The maximum Gasteiger partial charge on any atom is 0.149 e. The zero-order valence-electron chi connectivity index (χ0n) is 12.1. The van der Waals surface area contributed by atoms with Crippen LogP contribution in [0.15, 0.2) is 42.5 Å². The Morgan fingerprint density at radius 2 is 2.00 bits per heavy atom. The van der Waals surface area contributed by atoms with Gasteiger partial charge in [0.05, 0.1) is 5.02 Å². The van der Waals surface area contributed by atoms with Crippen LogP contribution < -0.4 is 5.32 Å². The molecule has 4 rings (SSSR count). The van der Waals surface area contributed by atoms with E-state index in [1.807, 2.05) is 6.07 Å². The van der Waals surface area contributed by atoms with Crippen LogP contribution in [-0.4, -0.2) is 17.7 Å². The summed E-state index contributed by atoms with van der Waals surface area (Å²) >= 11 is 5.91. The molecule has 0 unspecified atom stereocenters. The van der Waals surface area contributed by atoms with Crippen molar-refractivity contribution in [1.29, 1.82) is 0 Å². The second-order valence-electron chi connectivity index (χ2n) is 5.66. The first-order valence-electron chi connectivity index (χ1n) is 7.51. The summed E-state index contributed by atoms with van der Waals surface area (Å²) in [6, 6.07) is 13.5. The molecule has 0 saturated carbocycles. The number of hydrogen-bond acceptors (Lipinski definition) is 1. The van der Waals surface area contributed by atoms with E-state index in [0.29, 0.717) is 5.56 Å². The second kappa shape index (κ2) is 5.41. The molecule has 0 aliphatic carbocycles. The Morgan fingerprint density at radius 3 is 2.91 bits per heavy atom. The summed E-state index contributed by atoms with van der Waals surface area (Å²) in [5.41, 5.74) is 3.92. The topological polar surface area (TPSA) is 17.0 Å². The first-order valence-corrected chi connectivity index (χ1v) is 7.89. The molecule has 0 atom stereocenters. The van der Waals surface area contributed by atoms with Crippen LogP contribution in [0.3, 0.4) is 0 Å². The molecule has 2 nitrogen and oxygen atoms in total. The summed E-state index contributed by atoms with van der Waals surface area (Å²) in [4.78, 5) is 0. The van der Waals surface area contributed by atoms with Crippen LogP contribution in [0.4, 0.5) is 4.39 Å². The van der Waals surface area contributed by atoms with Gasteiger partial charge in [0.25, 0.3) is 0 Å². The summed E-state index contributed by atoms with van der Waals surface area (Å²) in [5, 5.41) is 4.78. The molecule has 4 heteroatoms. The van der Waals surface area contributed by atoms with E-state index in [4.69, 9.17) is 11.6 Å². The fourth-order valence-corrected chi connectivity index (χ4v) is 3.38. The van der Waals surface area contributed by atoms with Gasteiger partial charge >= 0.3 is 0 Å². The first kappa shape index (κ1) is 13.8. The van der Waals surface area contributed by atoms with Crippen molar-refractivity contribution in [1.82, 2.24) is 9.88 Å². The van der Waals surface area contributed by atoms with E-state index in [0.717, 1.165) is 37.1 Å². The van der Waals surface area contributed by atoms with E-state index in [2.05, 4.69) is 28.1 Å². The molecule has 0 radical (unpaired) electrons. The lowest BCUT2D eigenvalue weighted by molar-refractivity contribution is 0.632. The zero-order chi connectivity index (χ0) is 15.1. The van der Waals surface area contributed by atoms with Crippen molar-refractivity contribution in [2.24, 2.45) is 0 Å². The summed E-state index contributed by atoms with van der Waals surface area (Å²) in [6.45, 7) is 2.92.